The van der Waals surface area contributed by atoms with Gasteiger partial charge in [0.1, 0.15) is 0 Å². The number of hydrogen-bond acceptors (Lipinski definition) is 2. The van der Waals surface area contributed by atoms with Gasteiger partial charge in [-0.3, -0.25) is 0 Å². The van der Waals surface area contributed by atoms with Crippen LogP contribution in [0.3, 0.4) is 0 Å². The van der Waals surface area contributed by atoms with E-state index in [0.717, 1.165) is 12.5 Å². The summed E-state index contributed by atoms with van der Waals surface area (Å²) in [6.07, 6.45) is 8.60. The minimum atomic E-state index is 0.547. The summed E-state index contributed by atoms with van der Waals surface area (Å²) >= 11 is 0. The molecule has 2 nitrogen and oxygen atoms in total. The lowest BCUT2D eigenvalue weighted by atomic mass is 9.88. The zero-order chi connectivity index (χ0) is 9.80. The molecule has 1 heterocycles. The van der Waals surface area contributed by atoms with Crippen molar-refractivity contribution in [3.8, 4) is 0 Å². The average molecular weight is 197 g/mol. The number of ether oxygens (including phenoxy) is 1. The fourth-order valence-electron chi connectivity index (χ4n) is 2.67. The Balaban J connectivity index is 1.67. The predicted octanol–water partition coefficient (Wildman–Crippen LogP) is 2.33. The fraction of sp³-hybridized carbons (Fsp3) is 1.00. The zero-order valence-electron chi connectivity index (χ0n) is 9.30. The SMILES string of the molecule is CC1CCCCC1OC[C@H]1CCCN1. The van der Waals surface area contributed by atoms with E-state index in [1.165, 1.54) is 45.1 Å². The van der Waals surface area contributed by atoms with Gasteiger partial charge in [-0.2, -0.15) is 0 Å². The molecular weight excluding hydrogens is 174 g/mol. The maximum Gasteiger partial charge on any atom is 0.0623 e. The second-order valence-corrected chi connectivity index (χ2v) is 4.93. The van der Waals surface area contributed by atoms with E-state index in [-0.39, 0.29) is 0 Å². The van der Waals surface area contributed by atoms with Crippen LogP contribution in [0.25, 0.3) is 0 Å². The number of hydrogen-bond donors (Lipinski definition) is 1. The molecule has 3 atom stereocenters. The minimum absolute atomic E-state index is 0.547. The van der Waals surface area contributed by atoms with Crippen LogP contribution in [0.1, 0.15) is 45.4 Å². The summed E-state index contributed by atoms with van der Waals surface area (Å²) in [4.78, 5) is 0. The third-order valence-corrected chi connectivity index (χ3v) is 3.71. The van der Waals surface area contributed by atoms with Gasteiger partial charge in [-0.1, -0.05) is 19.8 Å². The van der Waals surface area contributed by atoms with E-state index in [9.17, 15) is 0 Å². The van der Waals surface area contributed by atoms with Crippen molar-refractivity contribution in [1.29, 1.82) is 0 Å². The molecule has 2 unspecified atom stereocenters. The van der Waals surface area contributed by atoms with Crippen molar-refractivity contribution in [1.82, 2.24) is 5.32 Å². The summed E-state index contributed by atoms with van der Waals surface area (Å²) < 4.78 is 6.02. The van der Waals surface area contributed by atoms with Crippen molar-refractivity contribution in [2.45, 2.75) is 57.6 Å². The van der Waals surface area contributed by atoms with Crippen LogP contribution < -0.4 is 5.32 Å². The molecule has 1 aliphatic heterocycles. The van der Waals surface area contributed by atoms with E-state index < -0.39 is 0 Å². The van der Waals surface area contributed by atoms with Gasteiger partial charge in [0.25, 0.3) is 0 Å². The van der Waals surface area contributed by atoms with Crippen LogP contribution in [0.4, 0.5) is 0 Å². The van der Waals surface area contributed by atoms with Gasteiger partial charge in [0, 0.05) is 6.04 Å². The first kappa shape index (κ1) is 10.4. The highest BCUT2D eigenvalue weighted by Gasteiger charge is 2.23. The monoisotopic (exact) mass is 197 g/mol. The van der Waals surface area contributed by atoms with E-state index in [0.29, 0.717) is 12.1 Å². The van der Waals surface area contributed by atoms with Crippen LogP contribution in [0, 0.1) is 5.92 Å². The molecule has 2 rings (SSSR count). The van der Waals surface area contributed by atoms with Gasteiger partial charge in [-0.15, -0.1) is 0 Å². The Bertz CT molecular complexity index is 166. The Morgan fingerprint density at radius 3 is 2.71 bits per heavy atom. The molecule has 0 aromatic rings. The minimum Gasteiger partial charge on any atom is -0.376 e. The number of nitrogens with one attached hydrogen (secondary N) is 1. The Hall–Kier alpha value is -0.0800. The van der Waals surface area contributed by atoms with Crippen molar-refractivity contribution < 1.29 is 4.74 Å². The molecule has 0 aromatic heterocycles. The predicted molar refractivity (Wildman–Crippen MR) is 58.4 cm³/mol. The van der Waals surface area contributed by atoms with Gasteiger partial charge < -0.3 is 10.1 Å². The van der Waals surface area contributed by atoms with Crippen molar-refractivity contribution in [2.24, 2.45) is 5.92 Å². The van der Waals surface area contributed by atoms with Crippen LogP contribution in [0.5, 0.6) is 0 Å². The lowest BCUT2D eigenvalue weighted by molar-refractivity contribution is -0.0129. The van der Waals surface area contributed by atoms with Gasteiger partial charge in [0.15, 0.2) is 0 Å². The van der Waals surface area contributed by atoms with Crippen molar-refractivity contribution in [2.75, 3.05) is 13.2 Å². The Labute approximate surface area is 87.4 Å². The van der Waals surface area contributed by atoms with E-state index in [1.807, 2.05) is 0 Å². The molecule has 0 amide bonds. The summed E-state index contributed by atoms with van der Waals surface area (Å²) in [5, 5.41) is 3.49. The zero-order valence-corrected chi connectivity index (χ0v) is 9.30. The molecule has 82 valence electrons. The number of rotatable bonds is 3. The first-order chi connectivity index (χ1) is 6.86. The summed E-state index contributed by atoms with van der Waals surface area (Å²) in [6, 6.07) is 0.643. The van der Waals surface area contributed by atoms with Crippen molar-refractivity contribution >= 4 is 0 Å². The third kappa shape index (κ3) is 2.71. The average Bonchev–Trinajstić information content (AvgIpc) is 2.69. The highest BCUT2D eigenvalue weighted by Crippen LogP contribution is 2.26. The first-order valence-electron chi connectivity index (χ1n) is 6.21. The normalized spacial score (nSPS) is 38.8. The van der Waals surface area contributed by atoms with Crippen LogP contribution in [0.15, 0.2) is 0 Å². The molecule has 0 radical (unpaired) electrons. The molecule has 1 aliphatic carbocycles. The third-order valence-electron chi connectivity index (χ3n) is 3.71. The molecule has 0 bridgehead atoms. The summed E-state index contributed by atoms with van der Waals surface area (Å²) in [6.45, 7) is 4.47. The highest BCUT2D eigenvalue weighted by atomic mass is 16.5. The lowest BCUT2D eigenvalue weighted by Gasteiger charge is -2.29. The molecule has 1 saturated carbocycles. The molecule has 0 spiro atoms. The van der Waals surface area contributed by atoms with Gasteiger partial charge in [-0.05, 0) is 38.1 Å². The second kappa shape index (κ2) is 5.13. The Morgan fingerprint density at radius 2 is 2.00 bits per heavy atom. The topological polar surface area (TPSA) is 21.3 Å². The summed E-state index contributed by atoms with van der Waals surface area (Å²) in [5.41, 5.74) is 0. The van der Waals surface area contributed by atoms with E-state index in [2.05, 4.69) is 12.2 Å². The van der Waals surface area contributed by atoms with Crippen LogP contribution in [-0.2, 0) is 4.74 Å². The van der Waals surface area contributed by atoms with Crippen LogP contribution in [-0.4, -0.2) is 25.3 Å². The van der Waals surface area contributed by atoms with E-state index in [1.54, 1.807) is 0 Å². The molecule has 0 aromatic carbocycles. The van der Waals surface area contributed by atoms with Gasteiger partial charge in [0.2, 0.25) is 0 Å². The largest absolute Gasteiger partial charge is 0.376 e. The molecule has 1 saturated heterocycles. The Morgan fingerprint density at radius 1 is 1.14 bits per heavy atom. The smallest absolute Gasteiger partial charge is 0.0623 e. The summed E-state index contributed by atoms with van der Waals surface area (Å²) in [5.74, 6) is 0.783. The van der Waals surface area contributed by atoms with Gasteiger partial charge >= 0.3 is 0 Å². The maximum atomic E-state index is 6.02. The lowest BCUT2D eigenvalue weighted by Crippen LogP contribution is -2.33. The van der Waals surface area contributed by atoms with Gasteiger partial charge in [-0.25, -0.2) is 0 Å². The molecule has 2 heteroatoms. The van der Waals surface area contributed by atoms with Crippen LogP contribution in [0.2, 0.25) is 0 Å². The Kier molecular flexibility index (Phi) is 3.82. The van der Waals surface area contributed by atoms with E-state index in [4.69, 9.17) is 4.74 Å². The molecule has 2 aliphatic rings. The standard InChI is InChI=1S/C12H23NO/c1-10-5-2-3-7-12(10)14-9-11-6-4-8-13-11/h10-13H,2-9H2,1H3/t10?,11-,12?/m1/s1. The maximum absolute atomic E-state index is 6.02. The van der Waals surface area contributed by atoms with Gasteiger partial charge in [0.05, 0.1) is 12.7 Å². The molecule has 14 heavy (non-hydrogen) atoms. The van der Waals surface area contributed by atoms with Crippen molar-refractivity contribution in [3.05, 3.63) is 0 Å². The van der Waals surface area contributed by atoms with Crippen LogP contribution >= 0.6 is 0 Å². The quantitative estimate of drug-likeness (QED) is 0.750. The second-order valence-electron chi connectivity index (χ2n) is 4.93. The highest BCUT2D eigenvalue weighted by molar-refractivity contribution is 4.77. The fourth-order valence-corrected chi connectivity index (χ4v) is 2.67. The summed E-state index contributed by atoms with van der Waals surface area (Å²) in [7, 11) is 0. The first-order valence-corrected chi connectivity index (χ1v) is 6.21. The molecule has 2 fully saturated rings. The molecule has 1 N–H and O–H groups in total. The van der Waals surface area contributed by atoms with E-state index >= 15 is 0 Å². The van der Waals surface area contributed by atoms with Crippen molar-refractivity contribution in [3.63, 3.8) is 0 Å². The molecular formula is C12H23NO.